The van der Waals surface area contributed by atoms with Crippen LogP contribution in [0.3, 0.4) is 0 Å². The number of carbonyl (C=O) groups is 3. The molecule has 0 N–H and O–H groups in total. The quantitative estimate of drug-likeness (QED) is 0.0218. The summed E-state index contributed by atoms with van der Waals surface area (Å²) < 4.78 is 67.1. The van der Waals surface area contributed by atoms with Crippen LogP contribution < -0.4 is 9.47 Å². The first-order valence-corrected chi connectivity index (χ1v) is 20.8. The van der Waals surface area contributed by atoms with Crippen LogP contribution in [-0.2, 0) is 47.4 Å². The van der Waals surface area contributed by atoms with Gasteiger partial charge in [0.15, 0.2) is 19.7 Å². The maximum absolute atomic E-state index is 13.3. The third kappa shape index (κ3) is 19.7. The molecule has 6 unspecified atom stereocenters. The Balaban J connectivity index is 1.11. The highest BCUT2D eigenvalue weighted by molar-refractivity contribution is 5.95. The van der Waals surface area contributed by atoms with Gasteiger partial charge in [-0.1, -0.05) is 60.7 Å². The fourth-order valence-corrected chi connectivity index (χ4v) is 5.55. The van der Waals surface area contributed by atoms with Gasteiger partial charge >= 0.3 is 17.9 Å². The number of ether oxygens (including phenoxy) is 12. The van der Waals surface area contributed by atoms with Crippen molar-refractivity contribution in [3.8, 4) is 11.5 Å². The van der Waals surface area contributed by atoms with E-state index in [1.807, 2.05) is 81.4 Å². The number of rotatable bonds is 30. The second-order valence-electron chi connectivity index (χ2n) is 14.6. The molecule has 0 radical (unpaired) electrons. The smallest absolute Gasteiger partial charge is 0.338 e. The van der Waals surface area contributed by atoms with Crippen LogP contribution in [0, 0.1) is 0 Å². The van der Waals surface area contributed by atoms with E-state index in [2.05, 4.69) is 0 Å². The SMILES string of the molecule is COCOC(C)COCC(OC(=O)c1cccc(C(=O)OC(C)COC(C)COCOc2cccc(C(=O)OC(C)COC(C)COCOc3ccccc3)c2)c1)c1ccccc1. The number of benzene rings is 4. The molecule has 0 aliphatic heterocycles. The number of para-hydroxylation sites is 1. The monoisotopic (exact) mass is 876 g/mol. The van der Waals surface area contributed by atoms with Gasteiger partial charge in [-0.2, -0.15) is 0 Å². The predicted molar refractivity (Wildman–Crippen MR) is 231 cm³/mol. The molecule has 0 aliphatic rings. The minimum Gasteiger partial charge on any atom is -0.468 e. The first kappa shape index (κ1) is 50.3. The number of hydrogen-bond acceptors (Lipinski definition) is 15. The molecule has 63 heavy (non-hydrogen) atoms. The summed E-state index contributed by atoms with van der Waals surface area (Å²) in [5, 5.41) is 0. The third-order valence-electron chi connectivity index (χ3n) is 8.83. The van der Waals surface area contributed by atoms with Crippen molar-refractivity contribution >= 4 is 17.9 Å². The molecule has 0 aliphatic carbocycles. The summed E-state index contributed by atoms with van der Waals surface area (Å²) in [5.74, 6) is -0.629. The van der Waals surface area contributed by atoms with Crippen molar-refractivity contribution in [2.24, 2.45) is 0 Å². The molecule has 4 aromatic carbocycles. The average molecular weight is 877 g/mol. The van der Waals surface area contributed by atoms with E-state index >= 15 is 0 Å². The Labute approximate surface area is 369 Å². The predicted octanol–water partition coefficient (Wildman–Crippen LogP) is 7.62. The first-order valence-electron chi connectivity index (χ1n) is 20.8. The molecular formula is C48H60O15. The standard InChI is InChI=1S/C48H60O15/c1-34(26-54-32-59-43-20-11-8-12-21-43)57-29-38(5)62-47(50)42-19-14-22-44(24-42)60-33-55-27-35(2)56-28-37(4)61-46(49)40-17-13-18-41(23-40)48(51)63-45(39-15-9-7-10-16-39)30-53-25-36(3)58-31-52-6/h7-24,34-38,45H,25-33H2,1-6H3. The third-order valence-corrected chi connectivity index (χ3v) is 8.83. The van der Waals surface area contributed by atoms with Gasteiger partial charge in [-0.05, 0) is 88.7 Å². The molecule has 0 fully saturated rings. The Kier molecular flexibility index (Phi) is 22.6. The van der Waals surface area contributed by atoms with Crippen LogP contribution in [-0.4, -0.2) is 116 Å². The van der Waals surface area contributed by atoms with Crippen LogP contribution in [0.4, 0.5) is 0 Å². The normalized spacial score (nSPS) is 14.1. The van der Waals surface area contributed by atoms with Crippen molar-refractivity contribution in [1.29, 1.82) is 0 Å². The van der Waals surface area contributed by atoms with Crippen molar-refractivity contribution in [3.05, 3.63) is 131 Å². The molecule has 0 saturated carbocycles. The topological polar surface area (TPSA) is 162 Å². The van der Waals surface area contributed by atoms with E-state index in [1.165, 1.54) is 13.2 Å². The summed E-state index contributed by atoms with van der Waals surface area (Å²) in [6.07, 6.45) is -2.64. The van der Waals surface area contributed by atoms with Crippen LogP contribution in [0.1, 0.15) is 77.4 Å². The second kappa shape index (κ2) is 28.3. The molecule has 4 aromatic rings. The lowest BCUT2D eigenvalue weighted by Gasteiger charge is -2.20. The first-order chi connectivity index (χ1) is 30.5. The van der Waals surface area contributed by atoms with Crippen LogP contribution >= 0.6 is 0 Å². The van der Waals surface area contributed by atoms with Crippen LogP contribution in [0.25, 0.3) is 0 Å². The number of carbonyl (C=O) groups excluding carboxylic acids is 3. The Morgan fingerprint density at radius 3 is 1.46 bits per heavy atom. The van der Waals surface area contributed by atoms with E-state index in [1.54, 1.807) is 56.3 Å². The number of hydrogen-bond donors (Lipinski definition) is 0. The van der Waals surface area contributed by atoms with E-state index in [4.69, 9.17) is 56.8 Å². The molecule has 15 heteroatoms. The van der Waals surface area contributed by atoms with E-state index in [0.717, 1.165) is 11.3 Å². The molecule has 6 atom stereocenters. The van der Waals surface area contributed by atoms with E-state index in [0.29, 0.717) is 17.9 Å². The lowest BCUT2D eigenvalue weighted by molar-refractivity contribution is -0.0972. The summed E-state index contributed by atoms with van der Waals surface area (Å²) in [5.41, 5.74) is 1.43. The molecule has 4 rings (SSSR count). The van der Waals surface area contributed by atoms with Gasteiger partial charge in [-0.25, -0.2) is 14.4 Å². The minimum absolute atomic E-state index is 0.0940. The highest BCUT2D eigenvalue weighted by Gasteiger charge is 2.22. The Bertz CT molecular complexity index is 1910. The van der Waals surface area contributed by atoms with Crippen LogP contribution in [0.2, 0.25) is 0 Å². The summed E-state index contributed by atoms with van der Waals surface area (Å²) in [7, 11) is 1.54. The molecular weight excluding hydrogens is 817 g/mol. The molecule has 0 amide bonds. The zero-order chi connectivity index (χ0) is 45.2. The highest BCUT2D eigenvalue weighted by Crippen LogP contribution is 2.21. The highest BCUT2D eigenvalue weighted by atomic mass is 16.7. The fourth-order valence-electron chi connectivity index (χ4n) is 5.55. The fraction of sp³-hybridized carbons (Fsp3) is 0.438. The Morgan fingerprint density at radius 2 is 0.889 bits per heavy atom. The maximum atomic E-state index is 13.3. The summed E-state index contributed by atoms with van der Waals surface area (Å²) in [6, 6.07) is 31.3. The zero-order valence-corrected chi connectivity index (χ0v) is 36.8. The van der Waals surface area contributed by atoms with Crippen molar-refractivity contribution in [1.82, 2.24) is 0 Å². The lowest BCUT2D eigenvalue weighted by Crippen LogP contribution is -2.26. The van der Waals surface area contributed by atoms with Gasteiger partial charge < -0.3 is 56.8 Å². The van der Waals surface area contributed by atoms with Crippen molar-refractivity contribution in [2.75, 3.05) is 67.1 Å². The van der Waals surface area contributed by atoms with Crippen molar-refractivity contribution in [2.45, 2.75) is 71.2 Å². The molecule has 0 aromatic heterocycles. The van der Waals surface area contributed by atoms with Gasteiger partial charge in [0.1, 0.15) is 30.5 Å². The van der Waals surface area contributed by atoms with Gasteiger partial charge in [0.05, 0.1) is 74.6 Å². The largest absolute Gasteiger partial charge is 0.468 e. The molecule has 0 heterocycles. The van der Waals surface area contributed by atoms with Gasteiger partial charge in [-0.3, -0.25) is 0 Å². The van der Waals surface area contributed by atoms with Gasteiger partial charge in [0.25, 0.3) is 0 Å². The molecule has 342 valence electrons. The molecule has 15 nitrogen and oxygen atoms in total. The van der Waals surface area contributed by atoms with E-state index in [9.17, 15) is 14.4 Å². The summed E-state index contributed by atoms with van der Waals surface area (Å²) in [4.78, 5) is 39.1. The second-order valence-corrected chi connectivity index (χ2v) is 14.6. The Morgan fingerprint density at radius 1 is 0.429 bits per heavy atom. The molecule has 0 spiro atoms. The molecule has 0 bridgehead atoms. The lowest BCUT2D eigenvalue weighted by atomic mass is 10.1. The van der Waals surface area contributed by atoms with Gasteiger partial charge in [0.2, 0.25) is 0 Å². The minimum atomic E-state index is -0.699. The van der Waals surface area contributed by atoms with Gasteiger partial charge in [-0.15, -0.1) is 0 Å². The van der Waals surface area contributed by atoms with Gasteiger partial charge in [0, 0.05) is 7.11 Å². The average Bonchev–Trinajstić information content (AvgIpc) is 3.30. The maximum Gasteiger partial charge on any atom is 0.338 e. The van der Waals surface area contributed by atoms with E-state index < -0.39 is 36.2 Å². The summed E-state index contributed by atoms with van der Waals surface area (Å²) in [6.45, 7) is 10.3. The zero-order valence-electron chi connectivity index (χ0n) is 36.8. The van der Waals surface area contributed by atoms with Crippen molar-refractivity contribution in [3.63, 3.8) is 0 Å². The number of esters is 3. The number of methoxy groups -OCH3 is 1. The van der Waals surface area contributed by atoms with Crippen molar-refractivity contribution < 1.29 is 71.2 Å². The van der Waals surface area contributed by atoms with Crippen LogP contribution in [0.5, 0.6) is 11.5 Å². The summed E-state index contributed by atoms with van der Waals surface area (Å²) >= 11 is 0. The van der Waals surface area contributed by atoms with E-state index in [-0.39, 0.29) is 82.9 Å². The van der Waals surface area contributed by atoms with Crippen LogP contribution in [0.15, 0.2) is 109 Å². The Hall–Kier alpha value is -5.39. The molecule has 0 saturated heterocycles.